The Bertz CT molecular complexity index is 1150. The monoisotopic (exact) mass is 448 g/mol. The first-order valence-electron chi connectivity index (χ1n) is 11.6. The molecule has 0 radical (unpaired) electrons. The second-order valence-electron chi connectivity index (χ2n) is 9.08. The number of nitrogens with zero attached hydrogens (tertiary/aromatic N) is 3. The average molecular weight is 449 g/mol. The van der Waals surface area contributed by atoms with Gasteiger partial charge in [-0.2, -0.15) is 0 Å². The minimum absolute atomic E-state index is 0.136. The number of nitrogens with one attached hydrogen (secondary N) is 1. The van der Waals surface area contributed by atoms with Gasteiger partial charge >= 0.3 is 0 Å². The van der Waals surface area contributed by atoms with Crippen molar-refractivity contribution in [3.05, 3.63) is 69.9 Å². The molecule has 2 bridgehead atoms. The van der Waals surface area contributed by atoms with Crippen molar-refractivity contribution in [2.45, 2.75) is 50.9 Å². The summed E-state index contributed by atoms with van der Waals surface area (Å²) in [7, 11) is 0. The van der Waals surface area contributed by atoms with Crippen LogP contribution < -0.4 is 10.9 Å². The standard InChI is InChI=1S/C25H28N4O4/c1-2-6-15-10-11-19-22-21(23(31)27-16-7-5-8-16)17(14-30)20(13-28(19)24(15)32)29(22)25(33)18-9-3-4-12-26-18/h2-4,6,9-12,16-17,20-22,30H,5,7-8,13-14H2,1H3,(H,27,31)/t17-,20-,21+,22+/m1/s1. The highest BCUT2D eigenvalue weighted by atomic mass is 16.3. The molecule has 2 aromatic rings. The molecule has 0 spiro atoms. The minimum Gasteiger partial charge on any atom is -0.396 e. The van der Waals surface area contributed by atoms with Crippen LogP contribution in [0.15, 0.2) is 47.4 Å². The van der Waals surface area contributed by atoms with Gasteiger partial charge in [0.15, 0.2) is 0 Å². The molecule has 3 aliphatic rings. The summed E-state index contributed by atoms with van der Waals surface area (Å²) < 4.78 is 1.67. The molecule has 0 aromatic carbocycles. The van der Waals surface area contributed by atoms with Crippen LogP contribution in [0, 0.1) is 11.8 Å². The maximum Gasteiger partial charge on any atom is 0.273 e. The van der Waals surface area contributed by atoms with E-state index in [1.807, 2.05) is 19.1 Å². The zero-order valence-corrected chi connectivity index (χ0v) is 18.6. The van der Waals surface area contributed by atoms with Crippen molar-refractivity contribution in [3.8, 4) is 0 Å². The Labute approximate surface area is 191 Å². The third kappa shape index (κ3) is 3.49. The molecule has 2 aliphatic heterocycles. The number of aliphatic hydroxyl groups is 1. The highest BCUT2D eigenvalue weighted by Crippen LogP contribution is 2.49. The van der Waals surface area contributed by atoms with E-state index in [0.29, 0.717) is 11.3 Å². The number of allylic oxidation sites excluding steroid dienone is 1. The van der Waals surface area contributed by atoms with E-state index < -0.39 is 23.9 Å². The molecule has 5 rings (SSSR count). The first-order valence-corrected chi connectivity index (χ1v) is 11.6. The maximum absolute atomic E-state index is 13.6. The van der Waals surface area contributed by atoms with Crippen molar-refractivity contribution in [2.75, 3.05) is 6.61 Å². The fourth-order valence-electron chi connectivity index (χ4n) is 5.48. The third-order valence-corrected chi connectivity index (χ3v) is 7.29. The predicted molar refractivity (Wildman–Crippen MR) is 122 cm³/mol. The maximum atomic E-state index is 13.6. The number of amides is 2. The van der Waals surface area contributed by atoms with Crippen LogP contribution in [0.25, 0.3) is 6.08 Å². The second-order valence-corrected chi connectivity index (χ2v) is 9.08. The lowest BCUT2D eigenvalue weighted by Crippen LogP contribution is -2.49. The average Bonchev–Trinajstić information content (AvgIpc) is 3.05. The number of pyridine rings is 2. The number of hydrogen-bond donors (Lipinski definition) is 2. The van der Waals surface area contributed by atoms with Crippen molar-refractivity contribution >= 4 is 17.9 Å². The fraction of sp³-hybridized carbons (Fsp3) is 0.440. The van der Waals surface area contributed by atoms with Crippen LogP contribution in [0.5, 0.6) is 0 Å². The molecule has 1 aliphatic carbocycles. The Balaban J connectivity index is 1.62. The van der Waals surface area contributed by atoms with Crippen LogP contribution in [0.3, 0.4) is 0 Å². The Hall–Kier alpha value is -3.26. The molecule has 172 valence electrons. The van der Waals surface area contributed by atoms with Gasteiger partial charge in [-0.25, -0.2) is 0 Å². The molecular formula is C25H28N4O4. The SMILES string of the molecule is CC=Cc1ccc2n(c1=O)C[C@@H]1[C@@H](CO)[C@H](C(=O)NC3CCC3)[C@H]2N1C(=O)c1ccccn1. The molecule has 2 N–H and O–H groups in total. The molecule has 2 fully saturated rings. The van der Waals surface area contributed by atoms with E-state index in [1.165, 1.54) is 0 Å². The summed E-state index contributed by atoms with van der Waals surface area (Å²) in [6, 6.07) is 7.71. The third-order valence-electron chi connectivity index (χ3n) is 7.29. The quantitative estimate of drug-likeness (QED) is 0.725. The Morgan fingerprint density at radius 2 is 2.06 bits per heavy atom. The summed E-state index contributed by atoms with van der Waals surface area (Å²) in [6.45, 7) is 1.83. The Morgan fingerprint density at radius 1 is 1.24 bits per heavy atom. The number of hydrogen-bond acceptors (Lipinski definition) is 5. The number of rotatable bonds is 5. The summed E-state index contributed by atoms with van der Waals surface area (Å²) in [5.41, 5.74) is 1.31. The fourth-order valence-corrected chi connectivity index (χ4v) is 5.48. The van der Waals surface area contributed by atoms with Gasteiger partial charge in [0.1, 0.15) is 5.69 Å². The van der Waals surface area contributed by atoms with Gasteiger partial charge in [-0.3, -0.25) is 19.4 Å². The summed E-state index contributed by atoms with van der Waals surface area (Å²) in [4.78, 5) is 46.2. The molecule has 0 unspecified atom stereocenters. The van der Waals surface area contributed by atoms with Crippen LogP contribution in [-0.2, 0) is 11.3 Å². The number of carbonyl (C=O) groups is 2. The number of carbonyl (C=O) groups excluding carboxylic acids is 2. The molecule has 8 heteroatoms. The topological polar surface area (TPSA) is 105 Å². The summed E-state index contributed by atoms with van der Waals surface area (Å²) >= 11 is 0. The van der Waals surface area contributed by atoms with Crippen molar-refractivity contribution in [3.63, 3.8) is 0 Å². The zero-order valence-electron chi connectivity index (χ0n) is 18.6. The molecule has 4 heterocycles. The van der Waals surface area contributed by atoms with Crippen LogP contribution in [0.2, 0.25) is 0 Å². The second kappa shape index (κ2) is 8.59. The molecule has 1 saturated carbocycles. The molecule has 2 amide bonds. The van der Waals surface area contributed by atoms with Crippen molar-refractivity contribution < 1.29 is 14.7 Å². The van der Waals surface area contributed by atoms with Crippen molar-refractivity contribution in [1.82, 2.24) is 19.8 Å². The lowest BCUT2D eigenvalue weighted by atomic mass is 9.85. The molecular weight excluding hydrogens is 420 g/mol. The summed E-state index contributed by atoms with van der Waals surface area (Å²) in [5.74, 6) is -1.58. The van der Waals surface area contributed by atoms with Gasteiger partial charge < -0.3 is 19.9 Å². The van der Waals surface area contributed by atoms with Gasteiger partial charge in [0, 0.05) is 42.6 Å². The van der Waals surface area contributed by atoms with E-state index in [9.17, 15) is 19.5 Å². The van der Waals surface area contributed by atoms with E-state index >= 15 is 0 Å². The lowest BCUT2D eigenvalue weighted by Gasteiger charge is -2.38. The summed E-state index contributed by atoms with van der Waals surface area (Å²) in [5, 5.41) is 13.5. The predicted octanol–water partition coefficient (Wildman–Crippen LogP) is 1.75. The molecule has 1 saturated heterocycles. The van der Waals surface area contributed by atoms with Gasteiger partial charge in [0.05, 0.1) is 18.0 Å². The van der Waals surface area contributed by atoms with E-state index in [0.717, 1.165) is 19.3 Å². The van der Waals surface area contributed by atoms with Crippen LogP contribution >= 0.6 is 0 Å². The first kappa shape index (κ1) is 21.6. The first-order chi connectivity index (χ1) is 16.0. The molecule has 33 heavy (non-hydrogen) atoms. The van der Waals surface area contributed by atoms with E-state index in [1.54, 1.807) is 46.0 Å². The lowest BCUT2D eigenvalue weighted by molar-refractivity contribution is -0.128. The van der Waals surface area contributed by atoms with Crippen LogP contribution in [-0.4, -0.2) is 50.1 Å². The van der Waals surface area contributed by atoms with Gasteiger partial charge in [-0.15, -0.1) is 0 Å². The van der Waals surface area contributed by atoms with Gasteiger partial charge in [0.2, 0.25) is 5.91 Å². The van der Waals surface area contributed by atoms with E-state index in [4.69, 9.17) is 0 Å². The normalized spacial score (nSPS) is 26.2. The molecule has 8 nitrogen and oxygen atoms in total. The van der Waals surface area contributed by atoms with Crippen LogP contribution in [0.1, 0.15) is 54.0 Å². The van der Waals surface area contributed by atoms with E-state index in [-0.39, 0.29) is 42.3 Å². The van der Waals surface area contributed by atoms with Gasteiger partial charge in [-0.1, -0.05) is 18.2 Å². The Morgan fingerprint density at radius 3 is 2.70 bits per heavy atom. The minimum atomic E-state index is -0.650. The highest BCUT2D eigenvalue weighted by Gasteiger charge is 2.57. The van der Waals surface area contributed by atoms with Gasteiger partial charge in [-0.05, 0) is 50.5 Å². The van der Waals surface area contributed by atoms with Crippen molar-refractivity contribution in [1.29, 1.82) is 0 Å². The number of fused-ring (bicyclic) bond motifs is 4. The molecule has 4 atom stereocenters. The van der Waals surface area contributed by atoms with Gasteiger partial charge in [0.25, 0.3) is 11.5 Å². The van der Waals surface area contributed by atoms with Crippen LogP contribution in [0.4, 0.5) is 0 Å². The smallest absolute Gasteiger partial charge is 0.273 e. The van der Waals surface area contributed by atoms with Crippen molar-refractivity contribution in [2.24, 2.45) is 11.8 Å². The van der Waals surface area contributed by atoms with E-state index in [2.05, 4.69) is 10.3 Å². The highest BCUT2D eigenvalue weighted by molar-refractivity contribution is 5.94. The summed E-state index contributed by atoms with van der Waals surface area (Å²) in [6.07, 6.45) is 8.09. The molecule has 2 aromatic heterocycles. The largest absolute Gasteiger partial charge is 0.396 e. The number of aliphatic hydroxyl groups excluding tert-OH is 1. The Kier molecular flexibility index (Phi) is 5.62. The zero-order chi connectivity index (χ0) is 23.1. The number of aromatic nitrogens is 2.